The van der Waals surface area contributed by atoms with Crippen LogP contribution in [0.2, 0.25) is 0 Å². The van der Waals surface area contributed by atoms with Gasteiger partial charge in [-0.2, -0.15) is 10.2 Å². The Balaban J connectivity index is 0.000000192. The van der Waals surface area contributed by atoms with Gasteiger partial charge in [-0.25, -0.2) is 24.7 Å². The predicted molar refractivity (Wildman–Crippen MR) is 204 cm³/mol. The van der Waals surface area contributed by atoms with Gasteiger partial charge in [0.25, 0.3) is 0 Å². The molecule has 6 aromatic rings. The lowest BCUT2D eigenvalue weighted by atomic mass is 10.2. The van der Waals surface area contributed by atoms with Crippen molar-refractivity contribution in [1.29, 1.82) is 0 Å². The molecule has 14 nitrogen and oxygen atoms in total. The third-order valence-electron chi connectivity index (χ3n) is 7.81. The number of aryl methyl sites for hydroxylation is 2. The van der Waals surface area contributed by atoms with Gasteiger partial charge in [0.05, 0.1) is 7.11 Å². The minimum Gasteiger partial charge on any atom is -0.453 e. The van der Waals surface area contributed by atoms with Crippen LogP contribution in [0.1, 0.15) is 34.2 Å². The summed E-state index contributed by atoms with van der Waals surface area (Å²) in [7, 11) is 1.40. The minimum absolute atomic E-state index is 0.301. The van der Waals surface area contributed by atoms with Crippen molar-refractivity contribution in [2.75, 3.05) is 48.8 Å². The molecule has 0 atom stereocenters. The van der Waals surface area contributed by atoms with Gasteiger partial charge in [-0.05, 0) is 43.2 Å². The summed E-state index contributed by atoms with van der Waals surface area (Å²) >= 11 is 0. The van der Waals surface area contributed by atoms with Crippen molar-refractivity contribution in [2.24, 2.45) is 0 Å². The number of aromatic amines is 2. The van der Waals surface area contributed by atoms with E-state index in [1.165, 1.54) is 7.11 Å². The van der Waals surface area contributed by atoms with Crippen molar-refractivity contribution in [1.82, 2.24) is 45.2 Å². The van der Waals surface area contributed by atoms with E-state index in [1.54, 1.807) is 11.1 Å². The SMILES string of the molecule is COC(=O)N1CCN(c2cc(Nc3cc(C)[nH]n3)nc(/C=C/c3ccccc3)n2)CC1.Cc1cc(Nc2ccnc(/C=C/c3ccccc3)n2)n[nH]1. The molecule has 0 bridgehead atoms. The largest absolute Gasteiger partial charge is 0.453 e. The topological polar surface area (TPSA) is 166 Å². The van der Waals surface area contributed by atoms with Crippen LogP contribution in [-0.4, -0.2) is 84.6 Å². The number of amides is 1. The number of carbonyl (C=O) groups excluding carboxylic acids is 1. The van der Waals surface area contributed by atoms with E-state index in [0.29, 0.717) is 55.3 Å². The normalized spacial score (nSPS) is 12.8. The number of benzene rings is 2. The summed E-state index contributed by atoms with van der Waals surface area (Å²) in [5.41, 5.74) is 4.14. The molecule has 4 aromatic heterocycles. The molecule has 0 radical (unpaired) electrons. The van der Waals surface area contributed by atoms with Crippen LogP contribution in [0.25, 0.3) is 24.3 Å². The standard InChI is InChI=1S/C22H25N7O2.C16H15N5/c1-16-14-20(27-26-16)24-19-15-21(28-10-12-29(13-11-28)22(30)31-2)25-18(23-19)9-8-17-6-4-3-5-7-17;1-12-11-16(21-20-12)19-15-9-10-17-14(18-15)8-7-13-5-3-2-4-6-13/h3-9,14-15H,10-13H2,1-2H3,(H2,23,24,25,26,27);2-11H,1H3,(H2,17,18,19,20,21)/b9-8+;8-7+. The highest BCUT2D eigenvalue weighted by Gasteiger charge is 2.23. The van der Waals surface area contributed by atoms with Crippen LogP contribution < -0.4 is 15.5 Å². The monoisotopic (exact) mass is 696 g/mol. The summed E-state index contributed by atoms with van der Waals surface area (Å²) in [6.07, 6.45) is 9.17. The molecule has 1 saturated heterocycles. The Hall–Kier alpha value is -6.83. The van der Waals surface area contributed by atoms with E-state index < -0.39 is 0 Å². The van der Waals surface area contributed by atoms with Crippen molar-refractivity contribution in [3.63, 3.8) is 0 Å². The Labute approximate surface area is 301 Å². The van der Waals surface area contributed by atoms with E-state index >= 15 is 0 Å². The fourth-order valence-electron chi connectivity index (χ4n) is 5.22. The first kappa shape index (κ1) is 35.0. The number of nitrogens with one attached hydrogen (secondary N) is 4. The average molecular weight is 697 g/mol. The molecule has 5 heterocycles. The van der Waals surface area contributed by atoms with E-state index in [4.69, 9.17) is 9.72 Å². The highest BCUT2D eigenvalue weighted by atomic mass is 16.5. The van der Waals surface area contributed by atoms with Crippen molar-refractivity contribution in [3.05, 3.63) is 125 Å². The van der Waals surface area contributed by atoms with Gasteiger partial charge in [-0.3, -0.25) is 10.2 Å². The zero-order chi connectivity index (χ0) is 36.1. The maximum atomic E-state index is 11.8. The highest BCUT2D eigenvalue weighted by molar-refractivity contribution is 5.70. The maximum Gasteiger partial charge on any atom is 0.409 e. The Morgan fingerprint density at radius 1 is 0.673 bits per heavy atom. The van der Waals surface area contributed by atoms with Gasteiger partial charge in [-0.1, -0.05) is 72.8 Å². The minimum atomic E-state index is -0.301. The van der Waals surface area contributed by atoms with Crippen LogP contribution >= 0.6 is 0 Å². The number of anilines is 5. The highest BCUT2D eigenvalue weighted by Crippen LogP contribution is 2.22. The van der Waals surface area contributed by atoms with Crippen LogP contribution in [0.5, 0.6) is 0 Å². The number of carbonyl (C=O) groups is 1. The van der Waals surface area contributed by atoms with Gasteiger partial charge < -0.3 is 25.2 Å². The van der Waals surface area contributed by atoms with Gasteiger partial charge in [0.2, 0.25) is 0 Å². The number of hydrogen-bond acceptors (Lipinski definition) is 11. The Morgan fingerprint density at radius 2 is 1.23 bits per heavy atom. The molecule has 1 aliphatic heterocycles. The van der Waals surface area contributed by atoms with Crippen molar-refractivity contribution >= 4 is 59.5 Å². The van der Waals surface area contributed by atoms with Crippen LogP contribution in [0, 0.1) is 13.8 Å². The van der Waals surface area contributed by atoms with Crippen molar-refractivity contribution < 1.29 is 9.53 Å². The second-order valence-corrected chi connectivity index (χ2v) is 11.8. The summed E-state index contributed by atoms with van der Waals surface area (Å²) in [5.74, 6) is 4.83. The van der Waals surface area contributed by atoms with E-state index in [9.17, 15) is 4.79 Å². The molecule has 4 N–H and O–H groups in total. The maximum absolute atomic E-state index is 11.8. The summed E-state index contributed by atoms with van der Waals surface area (Å²) in [5, 5.41) is 20.5. The molecule has 1 amide bonds. The lowest BCUT2D eigenvalue weighted by Crippen LogP contribution is -2.49. The molecule has 264 valence electrons. The molecule has 7 rings (SSSR count). The zero-order valence-electron chi connectivity index (χ0n) is 29.2. The number of methoxy groups -OCH3 is 1. The zero-order valence-corrected chi connectivity index (χ0v) is 29.2. The number of aromatic nitrogens is 8. The lowest BCUT2D eigenvalue weighted by molar-refractivity contribution is 0.121. The van der Waals surface area contributed by atoms with E-state index in [0.717, 1.165) is 34.2 Å². The summed E-state index contributed by atoms with van der Waals surface area (Å²) in [6.45, 7) is 6.37. The Morgan fingerprint density at radius 3 is 1.79 bits per heavy atom. The number of nitrogens with zero attached hydrogens (tertiary/aromatic N) is 8. The molecule has 52 heavy (non-hydrogen) atoms. The molecule has 0 unspecified atom stereocenters. The predicted octanol–water partition coefficient (Wildman–Crippen LogP) is 6.73. The first-order valence-corrected chi connectivity index (χ1v) is 16.7. The van der Waals surface area contributed by atoms with Crippen molar-refractivity contribution in [3.8, 4) is 0 Å². The van der Waals surface area contributed by atoms with E-state index in [2.05, 4.69) is 50.9 Å². The summed E-state index contributed by atoms with van der Waals surface area (Å²) in [4.78, 5) is 33.6. The van der Waals surface area contributed by atoms with Crippen LogP contribution in [0.3, 0.4) is 0 Å². The molecule has 1 fully saturated rings. The van der Waals surface area contributed by atoms with Crippen LogP contribution in [-0.2, 0) is 4.74 Å². The van der Waals surface area contributed by atoms with E-state index in [-0.39, 0.29) is 6.09 Å². The molecule has 0 aliphatic carbocycles. The Bertz CT molecular complexity index is 2100. The van der Waals surface area contributed by atoms with Gasteiger partial charge in [-0.15, -0.1) is 0 Å². The lowest BCUT2D eigenvalue weighted by Gasteiger charge is -2.34. The number of rotatable bonds is 9. The molecule has 0 spiro atoms. The molecular weight excluding hydrogens is 656 g/mol. The van der Waals surface area contributed by atoms with E-state index in [1.807, 2.05) is 123 Å². The third-order valence-corrected chi connectivity index (χ3v) is 7.81. The Kier molecular flexibility index (Phi) is 11.6. The van der Waals surface area contributed by atoms with Crippen molar-refractivity contribution in [2.45, 2.75) is 13.8 Å². The number of hydrogen-bond donors (Lipinski definition) is 4. The quantitative estimate of drug-likeness (QED) is 0.127. The average Bonchev–Trinajstić information content (AvgIpc) is 3.80. The smallest absolute Gasteiger partial charge is 0.409 e. The van der Waals surface area contributed by atoms with Gasteiger partial charge in [0.1, 0.15) is 17.5 Å². The number of ether oxygens (including phenoxy) is 1. The van der Waals surface area contributed by atoms with Crippen LogP contribution in [0.15, 0.2) is 91.1 Å². The second kappa shape index (κ2) is 17.2. The first-order valence-electron chi connectivity index (χ1n) is 16.7. The number of H-pyrrole nitrogens is 2. The first-order chi connectivity index (χ1) is 25.4. The third kappa shape index (κ3) is 10.1. The molecule has 14 heteroatoms. The second-order valence-electron chi connectivity index (χ2n) is 11.8. The van der Waals surface area contributed by atoms with Gasteiger partial charge in [0.15, 0.2) is 23.3 Å². The fourth-order valence-corrected chi connectivity index (χ4v) is 5.22. The van der Waals surface area contributed by atoms with Gasteiger partial charge >= 0.3 is 6.09 Å². The number of piperazine rings is 1. The molecule has 0 saturated carbocycles. The fraction of sp³-hybridized carbons (Fsp3) is 0.184. The molecule has 2 aromatic carbocycles. The van der Waals surface area contributed by atoms with Gasteiger partial charge in [0, 0.05) is 62.0 Å². The molecular formula is C38H40N12O2. The summed E-state index contributed by atoms with van der Waals surface area (Å²) in [6, 6.07) is 27.6. The van der Waals surface area contributed by atoms with Crippen LogP contribution in [0.4, 0.5) is 33.9 Å². The summed E-state index contributed by atoms with van der Waals surface area (Å²) < 4.78 is 4.83. The molecule has 1 aliphatic rings.